The monoisotopic (exact) mass is 497 g/mol. The van der Waals surface area contributed by atoms with Gasteiger partial charge in [0.1, 0.15) is 10.3 Å². The third kappa shape index (κ3) is 3.79. The lowest BCUT2D eigenvalue weighted by Gasteiger charge is -2.11. The highest BCUT2D eigenvalue weighted by Gasteiger charge is 2.20. The van der Waals surface area contributed by atoms with Crippen LogP contribution in [0, 0.1) is 0 Å². The summed E-state index contributed by atoms with van der Waals surface area (Å²) in [7, 11) is 0. The Morgan fingerprint density at radius 3 is 2.65 bits per heavy atom. The number of amides is 2. The molecule has 0 aliphatic heterocycles. The number of carbonyl (C=O) groups is 2. The molecule has 26 heavy (non-hydrogen) atoms. The van der Waals surface area contributed by atoms with Crippen LogP contribution in [0.25, 0.3) is 5.82 Å². The average molecular weight is 500 g/mol. The van der Waals surface area contributed by atoms with Crippen molar-refractivity contribution in [3.63, 3.8) is 0 Å². The predicted molar refractivity (Wildman–Crippen MR) is 105 cm³/mol. The highest BCUT2D eigenvalue weighted by Crippen LogP contribution is 2.24. The molecule has 3 rings (SSSR count). The van der Waals surface area contributed by atoms with Crippen molar-refractivity contribution >= 4 is 61.0 Å². The maximum atomic E-state index is 12.8. The van der Waals surface area contributed by atoms with Crippen molar-refractivity contribution in [2.75, 3.05) is 5.32 Å². The summed E-state index contributed by atoms with van der Waals surface area (Å²) in [5.74, 6) is -0.866. The molecule has 132 valence electrons. The first-order valence-electron chi connectivity index (χ1n) is 7.14. The molecular weight excluding hydrogens is 489 g/mol. The van der Waals surface area contributed by atoms with Crippen LogP contribution in [0.15, 0.2) is 51.7 Å². The molecule has 3 aromatic rings. The van der Waals surface area contributed by atoms with Crippen LogP contribution >= 0.6 is 43.5 Å². The van der Waals surface area contributed by atoms with Gasteiger partial charge in [-0.2, -0.15) is 5.10 Å². The third-order valence-corrected chi connectivity index (χ3v) is 4.52. The molecule has 0 fully saturated rings. The highest BCUT2D eigenvalue weighted by atomic mass is 79.9. The van der Waals surface area contributed by atoms with Gasteiger partial charge in [-0.15, -0.1) is 0 Å². The first kappa shape index (κ1) is 18.6. The first-order chi connectivity index (χ1) is 12.4. The molecule has 0 unspecified atom stereocenters. The van der Waals surface area contributed by atoms with E-state index in [-0.39, 0.29) is 16.9 Å². The predicted octanol–water partition coefficient (Wildman–Crippen LogP) is 3.80. The zero-order valence-electron chi connectivity index (χ0n) is 12.9. The number of nitrogens with two attached hydrogens (primary N) is 1. The van der Waals surface area contributed by atoms with Gasteiger partial charge in [0, 0.05) is 16.7 Å². The van der Waals surface area contributed by atoms with Gasteiger partial charge < -0.3 is 11.1 Å². The van der Waals surface area contributed by atoms with Crippen molar-refractivity contribution in [2.24, 2.45) is 5.73 Å². The number of nitrogens with zero attached hydrogens (tertiary/aromatic N) is 3. The summed E-state index contributed by atoms with van der Waals surface area (Å²) < 4.78 is 2.40. The Bertz CT molecular complexity index is 1020. The first-order valence-corrected chi connectivity index (χ1v) is 9.10. The maximum absolute atomic E-state index is 12.8. The molecule has 0 radical (unpaired) electrons. The highest BCUT2D eigenvalue weighted by molar-refractivity contribution is 9.10. The van der Waals surface area contributed by atoms with E-state index in [4.69, 9.17) is 17.3 Å². The van der Waals surface area contributed by atoms with Gasteiger partial charge in [0.2, 0.25) is 0 Å². The fourth-order valence-corrected chi connectivity index (χ4v) is 3.16. The normalized spacial score (nSPS) is 10.6. The fraction of sp³-hybridized carbons (Fsp3) is 0. The number of anilines is 1. The topological polar surface area (TPSA) is 103 Å². The molecule has 2 amide bonds. The van der Waals surface area contributed by atoms with E-state index in [1.807, 2.05) is 0 Å². The molecule has 0 spiro atoms. The van der Waals surface area contributed by atoms with E-state index in [0.717, 1.165) is 0 Å². The lowest BCUT2D eigenvalue weighted by atomic mass is 10.1. The molecule has 0 saturated heterocycles. The van der Waals surface area contributed by atoms with Crippen LogP contribution in [-0.4, -0.2) is 26.6 Å². The number of aromatic nitrogens is 3. The van der Waals surface area contributed by atoms with Crippen molar-refractivity contribution in [1.82, 2.24) is 14.8 Å². The largest absolute Gasteiger partial charge is 0.366 e. The summed E-state index contributed by atoms with van der Waals surface area (Å²) in [4.78, 5) is 28.5. The lowest BCUT2D eigenvalue weighted by molar-refractivity contribution is 0.100. The van der Waals surface area contributed by atoms with Gasteiger partial charge in [-0.1, -0.05) is 27.5 Å². The minimum Gasteiger partial charge on any atom is -0.366 e. The zero-order chi connectivity index (χ0) is 18.8. The fourth-order valence-electron chi connectivity index (χ4n) is 2.22. The third-order valence-electron chi connectivity index (χ3n) is 3.35. The average Bonchev–Trinajstić information content (AvgIpc) is 2.98. The Hall–Kier alpha value is -2.23. The van der Waals surface area contributed by atoms with Gasteiger partial charge in [0.05, 0.1) is 16.3 Å². The Balaban J connectivity index is 2.00. The van der Waals surface area contributed by atoms with Gasteiger partial charge in [0.25, 0.3) is 11.8 Å². The van der Waals surface area contributed by atoms with Crippen LogP contribution in [0.3, 0.4) is 0 Å². The number of benzene rings is 1. The minimum atomic E-state index is -0.663. The van der Waals surface area contributed by atoms with E-state index < -0.39 is 11.8 Å². The van der Waals surface area contributed by atoms with Crippen LogP contribution < -0.4 is 11.1 Å². The number of hydrogen-bond donors (Lipinski definition) is 2. The van der Waals surface area contributed by atoms with Gasteiger partial charge in [-0.3, -0.25) is 9.59 Å². The second-order valence-corrected chi connectivity index (χ2v) is 7.22. The number of primary amides is 1. The van der Waals surface area contributed by atoms with Crippen LogP contribution in [0.2, 0.25) is 5.02 Å². The molecule has 0 bridgehead atoms. The van der Waals surface area contributed by atoms with Crippen molar-refractivity contribution in [3.8, 4) is 5.82 Å². The van der Waals surface area contributed by atoms with Crippen LogP contribution in [0.4, 0.5) is 5.69 Å². The molecule has 1 aromatic carbocycles. The molecule has 0 aliphatic carbocycles. The Morgan fingerprint density at radius 1 is 1.19 bits per heavy atom. The standard InChI is InChI=1S/C16H10Br2ClN5O2/c17-8-3-4-11(9(6-8)14(20)25)22-16(26)12-7-13(18)23-24(12)15-10(19)2-1-5-21-15/h1-7H,(H2,20,25)(H,22,26). The summed E-state index contributed by atoms with van der Waals surface area (Å²) in [6, 6.07) is 9.62. The summed E-state index contributed by atoms with van der Waals surface area (Å²) in [5.41, 5.74) is 6.01. The SMILES string of the molecule is NC(=O)c1cc(Br)ccc1NC(=O)c1cc(Br)nn1-c1ncccc1Cl. The maximum Gasteiger partial charge on any atom is 0.274 e. The number of pyridine rings is 1. The number of halogens is 3. The van der Waals surface area contributed by atoms with Crippen LogP contribution in [0.1, 0.15) is 20.8 Å². The van der Waals surface area contributed by atoms with Crippen molar-refractivity contribution < 1.29 is 9.59 Å². The van der Waals surface area contributed by atoms with Crippen molar-refractivity contribution in [2.45, 2.75) is 0 Å². The summed E-state index contributed by atoms with van der Waals surface area (Å²) in [5, 5.41) is 7.20. The molecule has 0 aliphatic rings. The van der Waals surface area contributed by atoms with Crippen LogP contribution in [-0.2, 0) is 0 Å². The summed E-state index contributed by atoms with van der Waals surface area (Å²) in [6.45, 7) is 0. The van der Waals surface area contributed by atoms with E-state index in [2.05, 4.69) is 47.3 Å². The molecule has 2 aromatic heterocycles. The number of carbonyl (C=O) groups excluding carboxylic acids is 2. The van der Waals surface area contributed by atoms with Crippen molar-refractivity contribution in [1.29, 1.82) is 0 Å². The molecule has 7 nitrogen and oxygen atoms in total. The smallest absolute Gasteiger partial charge is 0.274 e. The van der Waals surface area contributed by atoms with Crippen LogP contribution in [0.5, 0.6) is 0 Å². The number of hydrogen-bond acceptors (Lipinski definition) is 4. The van der Waals surface area contributed by atoms with Gasteiger partial charge in [0.15, 0.2) is 5.82 Å². The van der Waals surface area contributed by atoms with E-state index in [1.54, 1.807) is 30.5 Å². The molecule has 2 heterocycles. The molecule has 10 heteroatoms. The quantitative estimate of drug-likeness (QED) is 0.570. The second kappa shape index (κ2) is 7.56. The van der Waals surface area contributed by atoms with Crippen molar-refractivity contribution in [3.05, 3.63) is 68.0 Å². The van der Waals surface area contributed by atoms with E-state index >= 15 is 0 Å². The molecular formula is C16H10Br2ClN5O2. The number of nitrogens with one attached hydrogen (secondary N) is 1. The Morgan fingerprint density at radius 2 is 1.96 bits per heavy atom. The number of rotatable bonds is 4. The van der Waals surface area contributed by atoms with E-state index in [9.17, 15) is 9.59 Å². The van der Waals surface area contributed by atoms with Gasteiger partial charge >= 0.3 is 0 Å². The van der Waals surface area contributed by atoms with Gasteiger partial charge in [-0.25, -0.2) is 9.67 Å². The van der Waals surface area contributed by atoms with Gasteiger partial charge in [-0.05, 0) is 46.3 Å². The molecule has 0 saturated carbocycles. The molecule has 3 N–H and O–H groups in total. The summed E-state index contributed by atoms with van der Waals surface area (Å²) in [6.07, 6.45) is 1.54. The minimum absolute atomic E-state index is 0.175. The Labute approximate surface area is 169 Å². The zero-order valence-corrected chi connectivity index (χ0v) is 16.8. The Kier molecular flexibility index (Phi) is 5.40. The van der Waals surface area contributed by atoms with E-state index in [0.29, 0.717) is 19.9 Å². The lowest BCUT2D eigenvalue weighted by Crippen LogP contribution is -2.21. The van der Waals surface area contributed by atoms with E-state index in [1.165, 1.54) is 16.8 Å². The second-order valence-electron chi connectivity index (χ2n) is 5.08. The molecule has 0 atom stereocenters. The summed E-state index contributed by atoms with van der Waals surface area (Å²) >= 11 is 12.7.